The van der Waals surface area contributed by atoms with E-state index in [1.807, 2.05) is 23.2 Å². The number of furan rings is 1. The van der Waals surface area contributed by atoms with Crippen LogP contribution in [0.5, 0.6) is 0 Å². The molecule has 1 saturated heterocycles. The fourth-order valence-corrected chi connectivity index (χ4v) is 2.45. The van der Waals surface area contributed by atoms with Crippen molar-refractivity contribution in [3.05, 3.63) is 24.2 Å². The summed E-state index contributed by atoms with van der Waals surface area (Å²) in [5, 5.41) is 4.86. The summed E-state index contributed by atoms with van der Waals surface area (Å²) in [6, 6.07) is 3.51. The zero-order valence-electron chi connectivity index (χ0n) is 12.5. The van der Waals surface area contributed by atoms with Gasteiger partial charge in [-0.05, 0) is 25.5 Å². The van der Waals surface area contributed by atoms with Gasteiger partial charge in [0, 0.05) is 25.9 Å². The minimum absolute atomic E-state index is 0.00338. The normalized spacial score (nSPS) is 16.2. The monoisotopic (exact) mass is 294 g/mol. The molecule has 1 fully saturated rings. The third-order valence-corrected chi connectivity index (χ3v) is 3.75. The van der Waals surface area contributed by atoms with E-state index in [-0.39, 0.29) is 17.9 Å². The lowest BCUT2D eigenvalue weighted by molar-refractivity contribution is -0.673. The quantitative estimate of drug-likeness (QED) is 0.655. The molecule has 3 N–H and O–H groups in total. The number of quaternary nitrogens is 1. The van der Waals surface area contributed by atoms with E-state index in [0.29, 0.717) is 13.0 Å². The van der Waals surface area contributed by atoms with Crippen LogP contribution in [0.4, 0.5) is 0 Å². The first kappa shape index (κ1) is 15.6. The van der Waals surface area contributed by atoms with Crippen LogP contribution in [0.2, 0.25) is 0 Å². The number of nitrogens with two attached hydrogens (primary N) is 1. The Balaban J connectivity index is 1.56. The molecule has 0 radical (unpaired) electrons. The number of amides is 2. The fraction of sp³-hybridized carbons (Fsp3) is 0.600. The molecule has 0 saturated carbocycles. The number of hydrogen-bond acceptors (Lipinski definition) is 3. The Hall–Kier alpha value is -1.82. The number of carbonyl (C=O) groups is 2. The first-order valence-corrected chi connectivity index (χ1v) is 7.58. The van der Waals surface area contributed by atoms with Gasteiger partial charge >= 0.3 is 0 Å². The summed E-state index contributed by atoms with van der Waals surface area (Å²) in [4.78, 5) is 25.3. The second kappa shape index (κ2) is 7.83. The fourth-order valence-electron chi connectivity index (χ4n) is 2.45. The number of likely N-dealkylation sites (tertiary alicyclic amines) is 1. The second-order valence-electron chi connectivity index (χ2n) is 5.45. The Morgan fingerprint density at radius 1 is 1.57 bits per heavy atom. The molecule has 1 aliphatic heterocycles. The van der Waals surface area contributed by atoms with Gasteiger partial charge in [-0.1, -0.05) is 0 Å². The van der Waals surface area contributed by atoms with Crippen LogP contribution in [-0.2, 0) is 16.1 Å². The summed E-state index contributed by atoms with van der Waals surface area (Å²) >= 11 is 0. The summed E-state index contributed by atoms with van der Waals surface area (Å²) in [5.74, 6) is 1.02. The largest absolute Gasteiger partial charge is 0.467 e. The molecule has 116 valence electrons. The Kier molecular flexibility index (Phi) is 5.80. The zero-order chi connectivity index (χ0) is 15.1. The molecule has 21 heavy (non-hydrogen) atoms. The Bertz CT molecular complexity index is 459. The molecule has 0 unspecified atom stereocenters. The van der Waals surface area contributed by atoms with Crippen LogP contribution < -0.4 is 10.6 Å². The van der Waals surface area contributed by atoms with Crippen molar-refractivity contribution in [3.63, 3.8) is 0 Å². The van der Waals surface area contributed by atoms with Gasteiger partial charge in [0.2, 0.25) is 5.91 Å². The maximum absolute atomic E-state index is 11.9. The first-order chi connectivity index (χ1) is 10.2. The third kappa shape index (κ3) is 4.90. The van der Waals surface area contributed by atoms with Crippen LogP contribution in [0.15, 0.2) is 22.8 Å². The van der Waals surface area contributed by atoms with Gasteiger partial charge in [-0.25, -0.2) is 0 Å². The van der Waals surface area contributed by atoms with Gasteiger partial charge in [-0.3, -0.25) is 9.59 Å². The van der Waals surface area contributed by atoms with Crippen molar-refractivity contribution in [2.24, 2.45) is 0 Å². The second-order valence-corrected chi connectivity index (χ2v) is 5.45. The van der Waals surface area contributed by atoms with Gasteiger partial charge in [0.25, 0.3) is 5.91 Å². The highest BCUT2D eigenvalue weighted by atomic mass is 16.3. The molecule has 1 atom stereocenters. The lowest BCUT2D eigenvalue weighted by atomic mass is 10.3. The smallest absolute Gasteiger partial charge is 0.278 e. The summed E-state index contributed by atoms with van der Waals surface area (Å²) in [6.07, 6.45) is 4.18. The van der Waals surface area contributed by atoms with E-state index < -0.39 is 0 Å². The molecule has 1 aromatic rings. The SMILES string of the molecule is C[C@@H]([NH2+]CCCN1CCCC1=O)C(=O)NCc1ccco1. The van der Waals surface area contributed by atoms with Crippen LogP contribution in [0.1, 0.15) is 31.9 Å². The van der Waals surface area contributed by atoms with Crippen molar-refractivity contribution in [1.29, 1.82) is 0 Å². The lowest BCUT2D eigenvalue weighted by Gasteiger charge is -2.15. The van der Waals surface area contributed by atoms with Crippen molar-refractivity contribution in [2.45, 2.75) is 38.8 Å². The molecular weight excluding hydrogens is 270 g/mol. The van der Waals surface area contributed by atoms with Gasteiger partial charge in [0.1, 0.15) is 5.76 Å². The molecule has 2 heterocycles. The molecule has 1 aliphatic rings. The highest BCUT2D eigenvalue weighted by molar-refractivity contribution is 5.79. The molecular formula is C15H24N3O3+. The van der Waals surface area contributed by atoms with Gasteiger partial charge in [0.05, 0.1) is 19.4 Å². The van der Waals surface area contributed by atoms with Crippen LogP contribution in [0.25, 0.3) is 0 Å². The van der Waals surface area contributed by atoms with E-state index in [9.17, 15) is 9.59 Å². The topological polar surface area (TPSA) is 79.2 Å². The number of hydrogen-bond donors (Lipinski definition) is 2. The van der Waals surface area contributed by atoms with Crippen molar-refractivity contribution in [2.75, 3.05) is 19.6 Å². The maximum Gasteiger partial charge on any atom is 0.278 e. The maximum atomic E-state index is 11.9. The van der Waals surface area contributed by atoms with Crippen molar-refractivity contribution in [3.8, 4) is 0 Å². The highest BCUT2D eigenvalue weighted by Crippen LogP contribution is 2.08. The van der Waals surface area contributed by atoms with Crippen molar-refractivity contribution >= 4 is 11.8 Å². The predicted octanol–water partition coefficient (Wildman–Crippen LogP) is -0.140. The number of rotatable bonds is 8. The zero-order valence-corrected chi connectivity index (χ0v) is 12.5. The molecule has 6 nitrogen and oxygen atoms in total. The molecule has 0 aliphatic carbocycles. The van der Waals surface area contributed by atoms with Crippen LogP contribution in [-0.4, -0.2) is 42.4 Å². The van der Waals surface area contributed by atoms with Crippen LogP contribution in [0, 0.1) is 0 Å². The molecule has 0 aromatic carbocycles. The molecule has 1 aromatic heterocycles. The minimum Gasteiger partial charge on any atom is -0.467 e. The molecule has 0 bridgehead atoms. The van der Waals surface area contributed by atoms with E-state index in [2.05, 4.69) is 5.32 Å². The van der Waals surface area contributed by atoms with Gasteiger partial charge < -0.3 is 20.0 Å². The van der Waals surface area contributed by atoms with Crippen molar-refractivity contribution in [1.82, 2.24) is 10.2 Å². The first-order valence-electron chi connectivity index (χ1n) is 7.58. The van der Waals surface area contributed by atoms with E-state index >= 15 is 0 Å². The standard InChI is InChI=1S/C15H23N3O3/c1-12(15(20)17-11-13-5-3-10-21-13)16-7-4-9-18-8-2-6-14(18)19/h3,5,10,12,16H,2,4,6-9,11H2,1H3,(H,17,20)/p+1/t12-/m1/s1. The van der Waals surface area contributed by atoms with E-state index in [1.165, 1.54) is 0 Å². The predicted molar refractivity (Wildman–Crippen MR) is 77.2 cm³/mol. The average Bonchev–Trinajstić information content (AvgIpc) is 3.12. The molecule has 2 rings (SSSR count). The van der Waals surface area contributed by atoms with Gasteiger partial charge in [-0.2, -0.15) is 0 Å². The summed E-state index contributed by atoms with van der Waals surface area (Å²) < 4.78 is 5.17. The molecule has 6 heteroatoms. The van der Waals surface area contributed by atoms with Gasteiger partial charge in [0.15, 0.2) is 6.04 Å². The number of nitrogens with one attached hydrogen (secondary N) is 1. The van der Waals surface area contributed by atoms with Crippen LogP contribution in [0.3, 0.4) is 0 Å². The highest BCUT2D eigenvalue weighted by Gasteiger charge is 2.20. The summed E-state index contributed by atoms with van der Waals surface area (Å²) in [7, 11) is 0. The summed E-state index contributed by atoms with van der Waals surface area (Å²) in [5.41, 5.74) is 0. The molecule has 2 amide bonds. The number of nitrogens with zero attached hydrogens (tertiary/aromatic N) is 1. The lowest BCUT2D eigenvalue weighted by Crippen LogP contribution is -2.92. The average molecular weight is 294 g/mol. The molecule has 0 spiro atoms. The van der Waals surface area contributed by atoms with E-state index in [0.717, 1.165) is 38.2 Å². The summed E-state index contributed by atoms with van der Waals surface area (Å²) in [6.45, 7) is 4.85. The van der Waals surface area contributed by atoms with Gasteiger partial charge in [-0.15, -0.1) is 0 Å². The van der Waals surface area contributed by atoms with E-state index in [1.54, 1.807) is 12.3 Å². The van der Waals surface area contributed by atoms with Crippen LogP contribution >= 0.6 is 0 Å². The Morgan fingerprint density at radius 3 is 3.10 bits per heavy atom. The van der Waals surface area contributed by atoms with Crippen molar-refractivity contribution < 1.29 is 19.3 Å². The van der Waals surface area contributed by atoms with E-state index in [4.69, 9.17) is 4.42 Å². The third-order valence-electron chi connectivity index (χ3n) is 3.75. The Morgan fingerprint density at radius 2 is 2.43 bits per heavy atom. The minimum atomic E-state index is -0.130. The Labute approximate surface area is 124 Å². The number of carbonyl (C=O) groups excluding carboxylic acids is 2.